The molecule has 1 spiro atoms. The molecule has 0 saturated heterocycles. The Labute approximate surface area is 148 Å². The number of thiol groups is 1. The zero-order chi connectivity index (χ0) is 17.3. The van der Waals surface area contributed by atoms with E-state index in [0.717, 1.165) is 31.4 Å². The molecule has 1 fully saturated rings. The van der Waals surface area contributed by atoms with Crippen LogP contribution < -0.4 is 10.2 Å². The van der Waals surface area contributed by atoms with E-state index in [2.05, 4.69) is 29.8 Å². The quantitative estimate of drug-likeness (QED) is 0.802. The summed E-state index contributed by atoms with van der Waals surface area (Å²) in [5.74, 6) is 0.401. The van der Waals surface area contributed by atoms with Crippen molar-refractivity contribution in [2.75, 3.05) is 4.90 Å². The van der Waals surface area contributed by atoms with Crippen molar-refractivity contribution in [3.63, 3.8) is 0 Å². The van der Waals surface area contributed by atoms with E-state index in [0.29, 0.717) is 10.9 Å². The van der Waals surface area contributed by atoms with Gasteiger partial charge in [-0.3, -0.25) is 4.79 Å². The van der Waals surface area contributed by atoms with Crippen molar-refractivity contribution in [3.05, 3.63) is 40.4 Å². The molecule has 2 aliphatic rings. The number of amides is 1. The molecule has 4 nitrogen and oxygen atoms in total. The first kappa shape index (κ1) is 16.9. The van der Waals surface area contributed by atoms with Gasteiger partial charge in [0.1, 0.15) is 17.3 Å². The first-order chi connectivity index (χ1) is 11.5. The van der Waals surface area contributed by atoms with Crippen molar-refractivity contribution < 1.29 is 4.79 Å². The molecule has 3 rings (SSSR count). The molecule has 1 aromatic rings. The monoisotopic (exact) mass is 341 g/mol. The minimum atomic E-state index is -0.477. The second-order valence-corrected chi connectivity index (χ2v) is 7.24. The van der Waals surface area contributed by atoms with Gasteiger partial charge >= 0.3 is 0 Å². The van der Waals surface area contributed by atoms with Crippen LogP contribution in [-0.4, -0.2) is 11.6 Å². The molecule has 1 aliphatic carbocycles. The van der Waals surface area contributed by atoms with E-state index in [4.69, 9.17) is 0 Å². The summed E-state index contributed by atoms with van der Waals surface area (Å²) in [6.07, 6.45) is 5.05. The number of aryl methyl sites for hydroxylation is 1. The maximum Gasteiger partial charge on any atom is 0.266 e. The largest absolute Gasteiger partial charge is 0.328 e. The van der Waals surface area contributed by atoms with E-state index < -0.39 is 5.66 Å². The minimum Gasteiger partial charge on any atom is -0.328 e. The molecule has 5 heteroatoms. The summed E-state index contributed by atoms with van der Waals surface area (Å²) in [7, 11) is 0. The maximum absolute atomic E-state index is 12.4. The summed E-state index contributed by atoms with van der Waals surface area (Å²) in [5.41, 5.74) is 1.75. The molecule has 1 heterocycles. The Balaban J connectivity index is 2.07. The Hall–Kier alpha value is -1.93. The number of carbonyl (C=O) groups is 1. The van der Waals surface area contributed by atoms with E-state index in [1.807, 2.05) is 37.3 Å². The second-order valence-electron chi connectivity index (χ2n) is 6.82. The van der Waals surface area contributed by atoms with Gasteiger partial charge < -0.3 is 10.2 Å². The summed E-state index contributed by atoms with van der Waals surface area (Å²) in [6.45, 7) is 4.26. The molecule has 126 valence electrons. The zero-order valence-corrected chi connectivity index (χ0v) is 15.1. The smallest absolute Gasteiger partial charge is 0.266 e. The van der Waals surface area contributed by atoms with Gasteiger partial charge in [0.05, 0.1) is 5.03 Å². The lowest BCUT2D eigenvalue weighted by atomic mass is 9.78. The molecule has 1 aromatic carbocycles. The lowest BCUT2D eigenvalue weighted by molar-refractivity contribution is -0.120. The maximum atomic E-state index is 12.4. The first-order valence-electron chi connectivity index (χ1n) is 8.53. The van der Waals surface area contributed by atoms with Crippen molar-refractivity contribution in [3.8, 4) is 6.07 Å². The van der Waals surface area contributed by atoms with Crippen molar-refractivity contribution in [1.82, 2.24) is 5.32 Å². The third-order valence-electron chi connectivity index (χ3n) is 5.35. The summed E-state index contributed by atoms with van der Waals surface area (Å²) in [5, 5.41) is 13.0. The Kier molecular flexibility index (Phi) is 4.60. The van der Waals surface area contributed by atoms with Gasteiger partial charge in [0, 0.05) is 5.69 Å². The van der Waals surface area contributed by atoms with Gasteiger partial charge in [0.2, 0.25) is 0 Å². The van der Waals surface area contributed by atoms with Gasteiger partial charge in [-0.1, -0.05) is 31.0 Å². The molecule has 0 atom stereocenters. The number of nitriles is 1. The van der Waals surface area contributed by atoms with Crippen molar-refractivity contribution in [2.45, 2.75) is 51.6 Å². The lowest BCUT2D eigenvalue weighted by Gasteiger charge is -2.51. The van der Waals surface area contributed by atoms with Gasteiger partial charge in [0.15, 0.2) is 0 Å². The predicted molar refractivity (Wildman–Crippen MR) is 98.4 cm³/mol. The van der Waals surface area contributed by atoms with Crippen LogP contribution >= 0.6 is 12.6 Å². The number of hydrogen-bond acceptors (Lipinski definition) is 4. The van der Waals surface area contributed by atoms with E-state index >= 15 is 0 Å². The number of carbonyl (C=O) groups excluding carboxylic acids is 1. The highest BCUT2D eigenvalue weighted by Gasteiger charge is 2.47. The zero-order valence-electron chi connectivity index (χ0n) is 14.2. The summed E-state index contributed by atoms with van der Waals surface area (Å²) in [6, 6.07) is 10.2. The normalized spacial score (nSPS) is 27.2. The average Bonchev–Trinajstić information content (AvgIpc) is 2.57. The van der Waals surface area contributed by atoms with Crippen molar-refractivity contribution in [2.24, 2.45) is 5.92 Å². The number of nitrogens with zero attached hydrogens (tertiary/aromatic N) is 2. The molecule has 0 unspecified atom stereocenters. The lowest BCUT2D eigenvalue weighted by Crippen LogP contribution is -2.64. The van der Waals surface area contributed by atoms with Gasteiger partial charge in [0.25, 0.3) is 5.91 Å². The van der Waals surface area contributed by atoms with Crippen LogP contribution in [0.5, 0.6) is 0 Å². The molecular weight excluding hydrogens is 318 g/mol. The molecule has 0 aromatic heterocycles. The molecule has 24 heavy (non-hydrogen) atoms. The number of rotatable bonds is 2. The van der Waals surface area contributed by atoms with Crippen LogP contribution in [0, 0.1) is 24.2 Å². The molecule has 1 aliphatic heterocycles. The van der Waals surface area contributed by atoms with Crippen LogP contribution in [0.25, 0.3) is 0 Å². The predicted octanol–water partition coefficient (Wildman–Crippen LogP) is 3.89. The Morgan fingerprint density at radius 1 is 1.33 bits per heavy atom. The Morgan fingerprint density at radius 2 is 1.96 bits per heavy atom. The van der Waals surface area contributed by atoms with Gasteiger partial charge in [-0.05, 0) is 50.7 Å². The van der Waals surface area contributed by atoms with E-state index in [9.17, 15) is 10.1 Å². The van der Waals surface area contributed by atoms with Crippen LogP contribution in [0.1, 0.15) is 44.6 Å². The van der Waals surface area contributed by atoms with Crippen LogP contribution in [0.2, 0.25) is 0 Å². The second kappa shape index (κ2) is 6.52. The fraction of sp³-hybridized carbons (Fsp3) is 0.474. The SMILES string of the molecule is CCC1CCC2(CC1)NC(=O)C(C#N)=C(S)N2c1ccc(C)cc1. The van der Waals surface area contributed by atoms with E-state index in [1.54, 1.807) is 0 Å². The average molecular weight is 341 g/mol. The third kappa shape index (κ3) is 2.80. The first-order valence-corrected chi connectivity index (χ1v) is 8.98. The summed E-state index contributed by atoms with van der Waals surface area (Å²) in [4.78, 5) is 14.5. The number of nitrogens with one attached hydrogen (secondary N) is 1. The van der Waals surface area contributed by atoms with Crippen LogP contribution in [0.15, 0.2) is 34.9 Å². The number of benzene rings is 1. The van der Waals surface area contributed by atoms with Crippen molar-refractivity contribution in [1.29, 1.82) is 5.26 Å². The Bertz CT molecular complexity index is 709. The molecule has 1 N–H and O–H groups in total. The molecule has 1 saturated carbocycles. The van der Waals surface area contributed by atoms with Gasteiger partial charge in [-0.2, -0.15) is 5.26 Å². The highest BCUT2D eigenvalue weighted by molar-refractivity contribution is 7.84. The summed E-state index contributed by atoms with van der Waals surface area (Å²) >= 11 is 4.58. The topological polar surface area (TPSA) is 56.1 Å². The molecule has 0 radical (unpaired) electrons. The van der Waals surface area contributed by atoms with E-state index in [-0.39, 0.29) is 11.5 Å². The summed E-state index contributed by atoms with van der Waals surface area (Å²) < 4.78 is 0. The van der Waals surface area contributed by atoms with Crippen LogP contribution in [0.4, 0.5) is 5.69 Å². The van der Waals surface area contributed by atoms with Crippen LogP contribution in [0.3, 0.4) is 0 Å². The molecular formula is C19H23N3OS. The highest BCUT2D eigenvalue weighted by atomic mass is 32.1. The fourth-order valence-corrected chi connectivity index (χ4v) is 4.28. The highest BCUT2D eigenvalue weighted by Crippen LogP contribution is 2.43. The van der Waals surface area contributed by atoms with Gasteiger partial charge in [-0.25, -0.2) is 0 Å². The minimum absolute atomic E-state index is 0.0853. The van der Waals surface area contributed by atoms with E-state index in [1.165, 1.54) is 12.0 Å². The molecule has 1 amide bonds. The number of anilines is 1. The fourth-order valence-electron chi connectivity index (χ4n) is 3.82. The molecule has 0 bridgehead atoms. The number of hydrogen-bond donors (Lipinski definition) is 2. The van der Waals surface area contributed by atoms with Crippen LogP contribution in [-0.2, 0) is 4.79 Å². The Morgan fingerprint density at radius 3 is 2.50 bits per heavy atom. The third-order valence-corrected chi connectivity index (χ3v) is 5.77. The van der Waals surface area contributed by atoms with Crippen molar-refractivity contribution >= 4 is 24.2 Å². The van der Waals surface area contributed by atoms with Gasteiger partial charge in [-0.15, -0.1) is 12.6 Å². The standard InChI is InChI=1S/C19H23N3OS/c1-3-14-8-10-19(11-9-14)21-17(23)16(12-20)18(24)22(19)15-6-4-13(2)5-7-15/h4-7,14,24H,3,8-11H2,1-2H3,(H,21,23).